The standard InChI is InChI=1S/C19H23NO3/c21-17-11-7-14(12-18(17)22)19(23)16-10-9-15(20-16)8-6-13-4-2-1-3-5-13/h1-5,7,11-12,15-16,19-23H,6,8-10H2. The summed E-state index contributed by atoms with van der Waals surface area (Å²) in [6.45, 7) is 0. The van der Waals surface area contributed by atoms with Crippen molar-refractivity contribution >= 4 is 0 Å². The van der Waals surface area contributed by atoms with Crippen LogP contribution in [0.15, 0.2) is 48.5 Å². The maximum atomic E-state index is 10.5. The van der Waals surface area contributed by atoms with Gasteiger partial charge in [0, 0.05) is 12.1 Å². The van der Waals surface area contributed by atoms with Gasteiger partial charge in [-0.05, 0) is 48.9 Å². The van der Waals surface area contributed by atoms with E-state index in [2.05, 4.69) is 29.6 Å². The Bertz CT molecular complexity index is 644. The van der Waals surface area contributed by atoms with Gasteiger partial charge in [0.1, 0.15) is 0 Å². The Kier molecular flexibility index (Phi) is 4.84. The summed E-state index contributed by atoms with van der Waals surface area (Å²) in [5.41, 5.74) is 1.96. The van der Waals surface area contributed by atoms with Crippen LogP contribution in [0.4, 0.5) is 0 Å². The topological polar surface area (TPSA) is 72.7 Å². The zero-order valence-electron chi connectivity index (χ0n) is 13.0. The molecule has 3 unspecified atom stereocenters. The van der Waals surface area contributed by atoms with Crippen molar-refractivity contribution in [3.05, 3.63) is 59.7 Å². The van der Waals surface area contributed by atoms with Crippen LogP contribution in [0.2, 0.25) is 0 Å². The molecule has 0 aromatic heterocycles. The molecule has 3 rings (SSSR count). The Morgan fingerprint density at radius 1 is 1.00 bits per heavy atom. The van der Waals surface area contributed by atoms with Gasteiger partial charge in [-0.1, -0.05) is 36.4 Å². The number of nitrogens with one attached hydrogen (secondary N) is 1. The minimum Gasteiger partial charge on any atom is -0.504 e. The molecule has 1 heterocycles. The number of rotatable bonds is 5. The van der Waals surface area contributed by atoms with E-state index in [-0.39, 0.29) is 17.5 Å². The quantitative estimate of drug-likeness (QED) is 0.641. The third-order valence-electron chi connectivity index (χ3n) is 4.62. The normalized spacial score (nSPS) is 22.1. The van der Waals surface area contributed by atoms with E-state index in [1.165, 1.54) is 17.7 Å². The van der Waals surface area contributed by atoms with Gasteiger partial charge in [-0.25, -0.2) is 0 Å². The van der Waals surface area contributed by atoms with Crippen LogP contribution in [-0.4, -0.2) is 27.4 Å². The van der Waals surface area contributed by atoms with Gasteiger partial charge >= 0.3 is 0 Å². The first-order valence-corrected chi connectivity index (χ1v) is 8.13. The van der Waals surface area contributed by atoms with Crippen LogP contribution < -0.4 is 5.32 Å². The highest BCUT2D eigenvalue weighted by atomic mass is 16.3. The minimum absolute atomic E-state index is 0.0142. The molecular formula is C19H23NO3. The molecule has 1 aliphatic rings. The lowest BCUT2D eigenvalue weighted by molar-refractivity contribution is 0.134. The lowest BCUT2D eigenvalue weighted by Crippen LogP contribution is -2.34. The maximum Gasteiger partial charge on any atom is 0.157 e. The number of aryl methyl sites for hydroxylation is 1. The third-order valence-corrected chi connectivity index (χ3v) is 4.62. The number of phenols is 2. The zero-order valence-corrected chi connectivity index (χ0v) is 13.0. The highest BCUT2D eigenvalue weighted by Gasteiger charge is 2.30. The summed E-state index contributed by atoms with van der Waals surface area (Å²) in [6, 6.07) is 15.3. The van der Waals surface area contributed by atoms with Crippen molar-refractivity contribution in [3.63, 3.8) is 0 Å². The van der Waals surface area contributed by atoms with Crippen molar-refractivity contribution in [1.82, 2.24) is 5.32 Å². The van der Waals surface area contributed by atoms with Crippen LogP contribution in [0, 0.1) is 0 Å². The molecule has 0 radical (unpaired) electrons. The van der Waals surface area contributed by atoms with Crippen molar-refractivity contribution in [2.45, 2.75) is 43.9 Å². The molecule has 1 aliphatic heterocycles. The second kappa shape index (κ2) is 7.02. The van der Waals surface area contributed by atoms with Crippen molar-refractivity contribution in [2.24, 2.45) is 0 Å². The highest BCUT2D eigenvalue weighted by Crippen LogP contribution is 2.32. The minimum atomic E-state index is -0.678. The van der Waals surface area contributed by atoms with Gasteiger partial charge in [0.25, 0.3) is 0 Å². The van der Waals surface area contributed by atoms with E-state index in [0.717, 1.165) is 25.7 Å². The molecule has 122 valence electrons. The van der Waals surface area contributed by atoms with Crippen molar-refractivity contribution in [1.29, 1.82) is 0 Å². The molecule has 4 heteroatoms. The first kappa shape index (κ1) is 15.8. The fraction of sp³-hybridized carbons (Fsp3) is 0.368. The van der Waals surface area contributed by atoms with Crippen LogP contribution >= 0.6 is 0 Å². The predicted molar refractivity (Wildman–Crippen MR) is 89.4 cm³/mol. The van der Waals surface area contributed by atoms with Gasteiger partial charge in [-0.15, -0.1) is 0 Å². The van der Waals surface area contributed by atoms with Crippen LogP contribution in [0.3, 0.4) is 0 Å². The van der Waals surface area contributed by atoms with Gasteiger partial charge < -0.3 is 20.6 Å². The molecular weight excluding hydrogens is 290 g/mol. The second-order valence-corrected chi connectivity index (χ2v) is 6.26. The smallest absolute Gasteiger partial charge is 0.157 e. The van der Waals surface area contributed by atoms with E-state index in [0.29, 0.717) is 11.6 Å². The molecule has 4 N–H and O–H groups in total. The molecule has 2 aromatic rings. The van der Waals surface area contributed by atoms with Crippen LogP contribution in [-0.2, 0) is 6.42 Å². The average Bonchev–Trinajstić information content (AvgIpc) is 3.05. The lowest BCUT2D eigenvalue weighted by Gasteiger charge is -2.21. The molecule has 0 saturated carbocycles. The fourth-order valence-corrected chi connectivity index (χ4v) is 3.27. The van der Waals surface area contributed by atoms with E-state index in [1.54, 1.807) is 6.07 Å². The Hall–Kier alpha value is -2.04. The Morgan fingerprint density at radius 3 is 2.52 bits per heavy atom. The summed E-state index contributed by atoms with van der Waals surface area (Å²) in [5, 5.41) is 32.9. The summed E-state index contributed by atoms with van der Waals surface area (Å²) >= 11 is 0. The van der Waals surface area contributed by atoms with Gasteiger partial charge in [0.05, 0.1) is 6.10 Å². The van der Waals surface area contributed by atoms with E-state index < -0.39 is 6.10 Å². The number of hydrogen-bond donors (Lipinski definition) is 4. The van der Waals surface area contributed by atoms with Crippen molar-refractivity contribution in [2.75, 3.05) is 0 Å². The largest absolute Gasteiger partial charge is 0.504 e. The number of hydrogen-bond acceptors (Lipinski definition) is 4. The van der Waals surface area contributed by atoms with Gasteiger partial charge in [0.15, 0.2) is 11.5 Å². The van der Waals surface area contributed by atoms with E-state index in [9.17, 15) is 15.3 Å². The van der Waals surface area contributed by atoms with E-state index in [1.807, 2.05) is 6.07 Å². The first-order chi connectivity index (χ1) is 11.1. The van der Waals surface area contributed by atoms with Gasteiger partial charge in [0.2, 0.25) is 0 Å². The van der Waals surface area contributed by atoms with Crippen molar-refractivity contribution in [3.8, 4) is 11.5 Å². The van der Waals surface area contributed by atoms with Crippen molar-refractivity contribution < 1.29 is 15.3 Å². The zero-order chi connectivity index (χ0) is 16.2. The molecule has 0 spiro atoms. The first-order valence-electron chi connectivity index (χ1n) is 8.13. The maximum absolute atomic E-state index is 10.5. The molecule has 23 heavy (non-hydrogen) atoms. The summed E-state index contributed by atoms with van der Waals surface area (Å²) in [6.07, 6.45) is 3.35. The predicted octanol–water partition coefficient (Wildman–Crippen LogP) is 2.88. The Labute approximate surface area is 136 Å². The number of phenolic OH excluding ortho intramolecular Hbond substituents is 2. The van der Waals surface area contributed by atoms with Gasteiger partial charge in [-0.3, -0.25) is 0 Å². The number of aromatic hydroxyl groups is 2. The highest BCUT2D eigenvalue weighted by molar-refractivity contribution is 5.41. The Balaban J connectivity index is 1.55. The molecule has 3 atom stereocenters. The molecule has 1 fully saturated rings. The lowest BCUT2D eigenvalue weighted by atomic mass is 10.0. The summed E-state index contributed by atoms with van der Waals surface area (Å²) in [4.78, 5) is 0. The molecule has 1 saturated heterocycles. The molecule has 0 bridgehead atoms. The summed E-state index contributed by atoms with van der Waals surface area (Å²) in [5.74, 6) is -0.360. The van der Waals surface area contributed by atoms with Gasteiger partial charge in [-0.2, -0.15) is 0 Å². The monoisotopic (exact) mass is 313 g/mol. The van der Waals surface area contributed by atoms with E-state index in [4.69, 9.17) is 0 Å². The second-order valence-electron chi connectivity index (χ2n) is 6.26. The Morgan fingerprint density at radius 2 is 1.78 bits per heavy atom. The van der Waals surface area contributed by atoms with Crippen LogP contribution in [0.5, 0.6) is 11.5 Å². The van der Waals surface area contributed by atoms with E-state index >= 15 is 0 Å². The average molecular weight is 313 g/mol. The van der Waals surface area contributed by atoms with Crippen LogP contribution in [0.25, 0.3) is 0 Å². The number of benzene rings is 2. The molecule has 2 aromatic carbocycles. The molecule has 4 nitrogen and oxygen atoms in total. The molecule has 0 aliphatic carbocycles. The SMILES string of the molecule is Oc1ccc(C(O)C2CCC(CCc3ccccc3)N2)cc1O. The third kappa shape index (κ3) is 3.84. The summed E-state index contributed by atoms with van der Waals surface area (Å²) < 4.78 is 0. The molecule has 0 amide bonds. The fourth-order valence-electron chi connectivity index (χ4n) is 3.27. The number of aliphatic hydroxyl groups is 1. The summed E-state index contributed by atoms with van der Waals surface area (Å²) in [7, 11) is 0. The number of aliphatic hydroxyl groups excluding tert-OH is 1. The van der Waals surface area contributed by atoms with Crippen LogP contribution in [0.1, 0.15) is 36.5 Å².